The zero-order chi connectivity index (χ0) is 24.9. The quantitative estimate of drug-likeness (QED) is 0.305. The van der Waals surface area contributed by atoms with Gasteiger partial charge in [-0.15, -0.1) is 0 Å². The van der Waals surface area contributed by atoms with E-state index in [1.807, 2.05) is 29.2 Å². The fraction of sp³-hybridized carbons (Fsp3) is 0.281. The van der Waals surface area contributed by atoms with Crippen LogP contribution in [-0.4, -0.2) is 7.05 Å². The molecule has 0 spiro atoms. The third-order valence-electron chi connectivity index (χ3n) is 7.86. The summed E-state index contributed by atoms with van der Waals surface area (Å²) in [6.45, 7) is 1.12. The van der Waals surface area contributed by atoms with Gasteiger partial charge in [-0.3, -0.25) is 0 Å². The maximum Gasteiger partial charge on any atom is 0.263 e. The van der Waals surface area contributed by atoms with E-state index < -0.39 is 0 Å². The molecule has 7 rings (SSSR count). The predicted molar refractivity (Wildman–Crippen MR) is 159 cm³/mol. The van der Waals surface area contributed by atoms with Crippen LogP contribution >= 0.6 is 34.7 Å². The second kappa shape index (κ2) is 9.65. The molecule has 0 saturated heterocycles. The topological polar surface area (TPSA) is 7.12 Å². The van der Waals surface area contributed by atoms with Gasteiger partial charge in [-0.2, -0.15) is 4.57 Å². The van der Waals surface area contributed by atoms with Crippen LogP contribution in [0.25, 0.3) is 16.3 Å². The summed E-state index contributed by atoms with van der Waals surface area (Å²) in [4.78, 5) is 3.55. The van der Waals surface area contributed by atoms with E-state index >= 15 is 0 Å². The van der Waals surface area contributed by atoms with Gasteiger partial charge in [-0.1, -0.05) is 65.1 Å². The number of fused-ring (bicyclic) bond motifs is 1. The molecule has 0 radical (unpaired) electrons. The SMILES string of the molecule is CN1C(=CC2=CC(=CC3=CC(=Cc4sc5cccc6c5[n+]4CC6)CCC3)CCC2)Sc2ccc(Cl)cc21. The summed E-state index contributed by atoms with van der Waals surface area (Å²) in [7, 11) is 2.14. The molecule has 0 N–H and O–H groups in total. The monoisotopic (exact) mass is 541 g/mol. The Hall–Kier alpha value is -2.53. The average Bonchev–Trinajstić information content (AvgIpc) is 3.57. The third kappa shape index (κ3) is 4.54. The fourth-order valence-electron chi connectivity index (χ4n) is 6.03. The minimum Gasteiger partial charge on any atom is -0.338 e. The highest BCUT2D eigenvalue weighted by Gasteiger charge is 2.28. The molecule has 0 atom stereocenters. The zero-order valence-electron chi connectivity index (χ0n) is 21.1. The molecule has 2 aliphatic carbocycles. The number of hydrogen-bond acceptors (Lipinski definition) is 3. The highest BCUT2D eigenvalue weighted by molar-refractivity contribution is 8.03. The molecule has 2 aromatic carbocycles. The molecule has 186 valence electrons. The van der Waals surface area contributed by atoms with Crippen molar-refractivity contribution in [3.8, 4) is 0 Å². The summed E-state index contributed by atoms with van der Waals surface area (Å²) in [5.41, 5.74) is 10.0. The maximum atomic E-state index is 6.25. The number of halogens is 1. The summed E-state index contributed by atoms with van der Waals surface area (Å²) in [5.74, 6) is 0. The molecule has 2 nitrogen and oxygen atoms in total. The summed E-state index contributed by atoms with van der Waals surface area (Å²) >= 11 is 10.0. The number of para-hydroxylation sites is 1. The third-order valence-corrected chi connectivity index (χ3v) is 10.4. The molecule has 37 heavy (non-hydrogen) atoms. The van der Waals surface area contributed by atoms with Gasteiger partial charge in [-0.05, 0) is 91.2 Å². The standard InChI is InChI=1S/C32H30ClN2S2/c1-34-27-20-26(33)11-12-28(27)36-30(34)18-23-7-2-5-21(16-23)15-22-6-3-8-24(17-22)19-31-35-14-13-25-9-4-10-29(37-31)32(25)35/h4,9-12,15-20H,2-3,5-8,13-14H2,1H3/q+1. The molecule has 5 heteroatoms. The van der Waals surface area contributed by atoms with Crippen molar-refractivity contribution in [2.75, 3.05) is 11.9 Å². The van der Waals surface area contributed by atoms with Crippen molar-refractivity contribution in [2.45, 2.75) is 56.4 Å². The number of allylic oxidation sites excluding steroid dienone is 8. The van der Waals surface area contributed by atoms with Crippen molar-refractivity contribution in [1.29, 1.82) is 0 Å². The number of benzene rings is 2. The van der Waals surface area contributed by atoms with Gasteiger partial charge in [0, 0.05) is 35.0 Å². The van der Waals surface area contributed by atoms with E-state index in [0.717, 1.165) is 18.0 Å². The Balaban J connectivity index is 1.14. The van der Waals surface area contributed by atoms with E-state index in [4.69, 9.17) is 11.6 Å². The molecule has 1 aromatic heterocycles. The lowest BCUT2D eigenvalue weighted by Crippen LogP contribution is -2.31. The molecule has 0 unspecified atom stereocenters. The second-order valence-corrected chi connectivity index (χ2v) is 13.0. The molecule has 0 bridgehead atoms. The average molecular weight is 542 g/mol. The Kier molecular flexibility index (Phi) is 6.15. The van der Waals surface area contributed by atoms with Crippen molar-refractivity contribution in [3.05, 3.63) is 104 Å². The van der Waals surface area contributed by atoms with Gasteiger partial charge >= 0.3 is 0 Å². The number of thioether (sulfide) groups is 1. The van der Waals surface area contributed by atoms with E-state index in [9.17, 15) is 0 Å². The summed E-state index contributed by atoms with van der Waals surface area (Å²) < 4.78 is 3.96. The maximum absolute atomic E-state index is 6.25. The Morgan fingerprint density at radius 1 is 0.892 bits per heavy atom. The number of rotatable bonds is 3. The number of thiazole rings is 1. The largest absolute Gasteiger partial charge is 0.338 e. The van der Waals surface area contributed by atoms with Gasteiger partial charge in [0.05, 0.1) is 10.7 Å². The van der Waals surface area contributed by atoms with E-state index in [2.05, 4.69) is 77.2 Å². The van der Waals surface area contributed by atoms with Gasteiger partial charge in [0.1, 0.15) is 4.70 Å². The van der Waals surface area contributed by atoms with Crippen molar-refractivity contribution in [2.24, 2.45) is 0 Å². The highest BCUT2D eigenvalue weighted by Crippen LogP contribution is 2.46. The Labute approximate surface area is 232 Å². The van der Waals surface area contributed by atoms with Crippen molar-refractivity contribution >= 4 is 56.7 Å². The van der Waals surface area contributed by atoms with Crippen LogP contribution in [0.5, 0.6) is 0 Å². The Morgan fingerprint density at radius 2 is 1.68 bits per heavy atom. The predicted octanol–water partition coefficient (Wildman–Crippen LogP) is 9.01. The molecule has 0 fully saturated rings. The van der Waals surface area contributed by atoms with Crippen LogP contribution in [0.1, 0.15) is 49.1 Å². The van der Waals surface area contributed by atoms with Crippen LogP contribution < -0.4 is 9.47 Å². The van der Waals surface area contributed by atoms with Crippen LogP contribution in [0, 0.1) is 0 Å². The van der Waals surface area contributed by atoms with E-state index in [0.29, 0.717) is 0 Å². The van der Waals surface area contributed by atoms with Crippen LogP contribution in [0.4, 0.5) is 5.69 Å². The van der Waals surface area contributed by atoms with Crippen molar-refractivity contribution < 1.29 is 4.57 Å². The number of anilines is 1. The zero-order valence-corrected chi connectivity index (χ0v) is 23.5. The summed E-state index contributed by atoms with van der Waals surface area (Å²) in [5, 5.41) is 3.49. The van der Waals surface area contributed by atoms with Crippen LogP contribution in [0.2, 0.25) is 5.02 Å². The number of aryl methyl sites for hydroxylation is 2. The van der Waals surface area contributed by atoms with E-state index in [-0.39, 0.29) is 0 Å². The van der Waals surface area contributed by atoms with Crippen molar-refractivity contribution in [1.82, 2.24) is 0 Å². The first kappa shape index (κ1) is 23.6. The molecular weight excluding hydrogens is 512 g/mol. The van der Waals surface area contributed by atoms with Crippen LogP contribution in [-0.2, 0) is 13.0 Å². The normalized spacial score (nSPS) is 22.3. The highest BCUT2D eigenvalue weighted by atomic mass is 35.5. The number of hydrogen-bond donors (Lipinski definition) is 0. The molecule has 4 aliphatic rings. The van der Waals surface area contributed by atoms with Crippen LogP contribution in [0.3, 0.4) is 0 Å². The Morgan fingerprint density at radius 3 is 2.51 bits per heavy atom. The lowest BCUT2D eigenvalue weighted by Gasteiger charge is -2.18. The van der Waals surface area contributed by atoms with Gasteiger partial charge in [0.2, 0.25) is 5.52 Å². The summed E-state index contributed by atoms with van der Waals surface area (Å²) in [6, 6.07) is 13.0. The molecular formula is C32H30ClN2S2+. The van der Waals surface area contributed by atoms with Gasteiger partial charge in [-0.25, -0.2) is 0 Å². The molecule has 3 aromatic rings. The molecule has 0 amide bonds. The van der Waals surface area contributed by atoms with Gasteiger partial charge in [0.15, 0.2) is 6.54 Å². The summed E-state index contributed by atoms with van der Waals surface area (Å²) in [6.07, 6.45) is 20.5. The second-order valence-electron chi connectivity index (χ2n) is 10.4. The minimum atomic E-state index is 0.795. The number of nitrogens with zero attached hydrogens (tertiary/aromatic N) is 2. The first-order valence-corrected chi connectivity index (χ1v) is 15.3. The number of aromatic nitrogens is 1. The Bertz CT molecular complexity index is 1580. The fourth-order valence-corrected chi connectivity index (χ4v) is 8.52. The van der Waals surface area contributed by atoms with E-state index in [1.165, 1.54) is 97.2 Å². The lowest BCUT2D eigenvalue weighted by molar-refractivity contribution is -0.661. The van der Waals surface area contributed by atoms with E-state index in [1.54, 1.807) is 0 Å². The van der Waals surface area contributed by atoms with Crippen LogP contribution in [0.15, 0.2) is 92.9 Å². The minimum absolute atomic E-state index is 0.795. The lowest BCUT2D eigenvalue weighted by atomic mass is 9.90. The smallest absolute Gasteiger partial charge is 0.263 e. The first-order chi connectivity index (χ1) is 18.1. The van der Waals surface area contributed by atoms with Gasteiger partial charge < -0.3 is 4.90 Å². The molecule has 3 heterocycles. The molecule has 0 saturated carbocycles. The van der Waals surface area contributed by atoms with Gasteiger partial charge in [0.25, 0.3) is 5.01 Å². The molecule has 2 aliphatic heterocycles. The first-order valence-electron chi connectivity index (χ1n) is 13.3. The van der Waals surface area contributed by atoms with Crippen molar-refractivity contribution in [3.63, 3.8) is 0 Å².